The Kier molecular flexibility index (Phi) is 10.6. The summed E-state index contributed by atoms with van der Waals surface area (Å²) in [7, 11) is 0. The lowest BCUT2D eigenvalue weighted by molar-refractivity contribution is -0.370. The molecule has 4 aliphatic heterocycles. The summed E-state index contributed by atoms with van der Waals surface area (Å²) < 4.78 is 37.8. The third-order valence-electron chi connectivity index (χ3n) is 17.0. The van der Waals surface area contributed by atoms with Crippen LogP contribution in [0.25, 0.3) is 0 Å². The molecule has 0 amide bonds. The molecule has 2 spiro atoms. The van der Waals surface area contributed by atoms with Crippen LogP contribution in [0.4, 0.5) is 0 Å². The van der Waals surface area contributed by atoms with Gasteiger partial charge < -0.3 is 69.3 Å². The van der Waals surface area contributed by atoms with Crippen molar-refractivity contribution < 1.29 is 69.3 Å². The van der Waals surface area contributed by atoms with Gasteiger partial charge in [0.2, 0.25) is 0 Å². The molecule has 4 saturated heterocycles. The van der Waals surface area contributed by atoms with Gasteiger partial charge >= 0.3 is 0 Å². The second-order valence-electron chi connectivity index (χ2n) is 20.6. The normalized spacial score (nSPS) is 57.4. The first-order valence-electron chi connectivity index (χ1n) is 21.1. The highest BCUT2D eigenvalue weighted by Crippen LogP contribution is 2.80. The number of fused-ring (bicyclic) bond motifs is 4. The molecule has 320 valence electrons. The lowest BCUT2D eigenvalue weighted by atomic mass is 9.35. The monoisotopic (exact) mass is 796 g/mol. The lowest BCUT2D eigenvalue weighted by Crippen LogP contribution is -2.68. The Morgan fingerprint density at radius 1 is 0.750 bits per heavy atom. The summed E-state index contributed by atoms with van der Waals surface area (Å²) in [4.78, 5) is 0. The van der Waals surface area contributed by atoms with Crippen LogP contribution < -0.4 is 0 Å². The van der Waals surface area contributed by atoms with E-state index < -0.39 is 86.0 Å². The van der Waals surface area contributed by atoms with Crippen molar-refractivity contribution in [2.75, 3.05) is 19.8 Å². The van der Waals surface area contributed by atoms with E-state index in [9.17, 15) is 40.9 Å². The molecular weight excluding hydrogens is 728 g/mol. The maximum atomic E-state index is 12.1. The number of allylic oxidation sites excluding steroid dienone is 1. The van der Waals surface area contributed by atoms with E-state index in [0.29, 0.717) is 31.3 Å². The van der Waals surface area contributed by atoms with Gasteiger partial charge in [-0.15, -0.1) is 0 Å². The highest BCUT2D eigenvalue weighted by Gasteiger charge is 2.81. The number of rotatable bonds is 7. The van der Waals surface area contributed by atoms with Gasteiger partial charge in [0.15, 0.2) is 18.4 Å². The molecule has 4 aliphatic carbocycles. The summed E-state index contributed by atoms with van der Waals surface area (Å²) >= 11 is 0. The molecule has 8 N–H and O–H groups in total. The Morgan fingerprint density at radius 3 is 2.07 bits per heavy atom. The quantitative estimate of drug-likeness (QED) is 0.135. The first-order chi connectivity index (χ1) is 26.2. The number of hydrogen-bond acceptors (Lipinski definition) is 14. The molecular formula is C42H68O14. The lowest BCUT2D eigenvalue weighted by Gasteiger charge is -2.70. The zero-order valence-corrected chi connectivity index (χ0v) is 34.1. The van der Waals surface area contributed by atoms with Crippen LogP contribution >= 0.6 is 0 Å². The molecule has 0 aromatic carbocycles. The fraction of sp³-hybridized carbons (Fsp3) is 0.952. The maximum Gasteiger partial charge on any atom is 0.187 e. The van der Waals surface area contributed by atoms with Crippen LogP contribution in [0.15, 0.2) is 11.6 Å². The number of aliphatic hydroxyl groups excluding tert-OH is 7. The van der Waals surface area contributed by atoms with E-state index in [1.807, 2.05) is 6.92 Å². The van der Waals surface area contributed by atoms with Crippen LogP contribution in [0.2, 0.25) is 0 Å². The van der Waals surface area contributed by atoms with Gasteiger partial charge in [-0.05, 0) is 93.3 Å². The van der Waals surface area contributed by atoms with Gasteiger partial charge in [0.1, 0.15) is 48.8 Å². The van der Waals surface area contributed by atoms with Crippen molar-refractivity contribution in [1.29, 1.82) is 0 Å². The summed E-state index contributed by atoms with van der Waals surface area (Å²) in [6, 6.07) is 0. The van der Waals surface area contributed by atoms with Gasteiger partial charge in [0.25, 0.3) is 0 Å². The molecule has 8 rings (SSSR count). The van der Waals surface area contributed by atoms with Crippen molar-refractivity contribution in [2.45, 2.75) is 185 Å². The van der Waals surface area contributed by atoms with Crippen molar-refractivity contribution in [3.63, 3.8) is 0 Å². The van der Waals surface area contributed by atoms with Crippen LogP contribution in [0.1, 0.15) is 99.8 Å². The van der Waals surface area contributed by atoms with Gasteiger partial charge in [-0.3, -0.25) is 0 Å². The predicted molar refractivity (Wildman–Crippen MR) is 198 cm³/mol. The number of aliphatic hydroxyl groups is 8. The van der Waals surface area contributed by atoms with Crippen molar-refractivity contribution >= 4 is 0 Å². The number of hydrogen-bond donors (Lipinski definition) is 8. The van der Waals surface area contributed by atoms with Crippen LogP contribution in [0.3, 0.4) is 0 Å². The van der Waals surface area contributed by atoms with Crippen molar-refractivity contribution in [3.05, 3.63) is 11.6 Å². The fourth-order valence-corrected chi connectivity index (χ4v) is 14.6. The summed E-state index contributed by atoms with van der Waals surface area (Å²) in [5.74, 6) is 0.123. The Balaban J connectivity index is 1.01. The Morgan fingerprint density at radius 2 is 1.41 bits per heavy atom. The van der Waals surface area contributed by atoms with E-state index in [4.69, 9.17) is 28.4 Å². The van der Waals surface area contributed by atoms with Gasteiger partial charge in [-0.25, -0.2) is 0 Å². The molecule has 14 nitrogen and oxygen atoms in total. The molecule has 0 unspecified atom stereocenters. The van der Waals surface area contributed by atoms with Gasteiger partial charge in [0, 0.05) is 24.2 Å². The molecule has 56 heavy (non-hydrogen) atoms. The Bertz CT molecular complexity index is 1500. The zero-order chi connectivity index (χ0) is 40.5. The van der Waals surface area contributed by atoms with Gasteiger partial charge in [-0.1, -0.05) is 39.3 Å². The van der Waals surface area contributed by atoms with Crippen molar-refractivity contribution in [1.82, 2.24) is 0 Å². The second kappa shape index (κ2) is 14.1. The minimum atomic E-state index is -1.75. The smallest absolute Gasteiger partial charge is 0.187 e. The average Bonchev–Trinajstić information content (AvgIpc) is 3.64. The summed E-state index contributed by atoms with van der Waals surface area (Å²) in [6.07, 6.45) is -6.46. The molecule has 21 atom stereocenters. The third kappa shape index (κ3) is 5.94. The molecule has 0 radical (unpaired) electrons. The molecule has 4 saturated carbocycles. The highest BCUT2D eigenvalue weighted by molar-refractivity contribution is 5.26. The van der Waals surface area contributed by atoms with E-state index in [2.05, 4.69) is 47.6 Å². The summed E-state index contributed by atoms with van der Waals surface area (Å²) in [6.45, 7) is 14.9. The molecule has 8 fully saturated rings. The van der Waals surface area contributed by atoms with Crippen LogP contribution in [-0.2, 0) is 28.4 Å². The van der Waals surface area contributed by atoms with Crippen molar-refractivity contribution in [2.24, 2.45) is 45.3 Å². The first kappa shape index (κ1) is 41.9. The topological polar surface area (TPSA) is 217 Å². The molecule has 8 aliphatic rings. The van der Waals surface area contributed by atoms with Crippen molar-refractivity contribution in [3.8, 4) is 0 Å². The Labute approximate surface area is 330 Å². The average molecular weight is 797 g/mol. The van der Waals surface area contributed by atoms with E-state index in [-0.39, 0.29) is 45.7 Å². The van der Waals surface area contributed by atoms with E-state index in [0.717, 1.165) is 38.5 Å². The van der Waals surface area contributed by atoms with Crippen LogP contribution in [-0.4, -0.2) is 146 Å². The standard InChI is InChI=1S/C42H68O14/c1-20(2)14-21-15-40(7,50)34-22-8-9-26-38(5)12-11-27(37(3,4)25(38)10-13-39(26,6)41(22)18-42(34,56-21)51-19-41)54-36-32(49)33(29(46)24(17-44)53-36)55-35-31(48)30(47)28(45)23(16-43)52-35/h14,21-36,43-50H,8-13,15-19H2,1-7H3/t21-,22+,23-,24-,25-,26-,27+,28-,29-,30+,31-,32-,33+,34+,35+,36+,38+,39-,40+,41+,42+/m1/s1. The van der Waals surface area contributed by atoms with E-state index in [1.54, 1.807) is 0 Å². The highest BCUT2D eigenvalue weighted by atomic mass is 16.7. The SMILES string of the molecule is CC(C)=C[C@@H]1C[C@](C)(O)[C@@H]2[C@@H]3CC[C@@H]4[C@@]5(C)CC[C@H](O[C@@H]6O[C@H](CO)[C@@H](O)[C@H](O[C@@H]7O[C@H](CO)[C@@H](O)[C@H](O)[C@H]7O)[C@H]6O)C(C)(C)[C@H]5CC[C@@]4(C)[C@@]34CO[C@@]2(C4)O1. The predicted octanol–water partition coefficient (Wildman–Crippen LogP) is 1.50. The maximum absolute atomic E-state index is 12.1. The zero-order valence-electron chi connectivity index (χ0n) is 34.1. The van der Waals surface area contributed by atoms with Crippen LogP contribution in [0.5, 0.6) is 0 Å². The summed E-state index contributed by atoms with van der Waals surface area (Å²) in [5, 5.41) is 85.9. The molecule has 0 aromatic rings. The summed E-state index contributed by atoms with van der Waals surface area (Å²) in [5.41, 5.74) is -0.269. The largest absolute Gasteiger partial charge is 0.394 e. The third-order valence-corrected chi connectivity index (χ3v) is 17.0. The first-order valence-corrected chi connectivity index (χ1v) is 21.1. The van der Waals surface area contributed by atoms with E-state index >= 15 is 0 Å². The molecule has 14 heteroatoms. The molecule has 0 aromatic heterocycles. The van der Waals surface area contributed by atoms with E-state index in [1.165, 1.54) is 5.57 Å². The van der Waals surface area contributed by atoms with Crippen LogP contribution in [0, 0.1) is 45.3 Å². The molecule has 2 bridgehead atoms. The minimum Gasteiger partial charge on any atom is -0.394 e. The van der Waals surface area contributed by atoms with Gasteiger partial charge in [0.05, 0.1) is 37.6 Å². The fourth-order valence-electron chi connectivity index (χ4n) is 14.6. The minimum absolute atomic E-state index is 0.0284. The van der Waals surface area contributed by atoms with Gasteiger partial charge in [-0.2, -0.15) is 0 Å². The molecule has 4 heterocycles. The Hall–Kier alpha value is -0.820. The second-order valence-corrected chi connectivity index (χ2v) is 20.6. The number of ether oxygens (including phenoxy) is 6.